The van der Waals surface area contributed by atoms with E-state index < -0.39 is 0 Å². The van der Waals surface area contributed by atoms with E-state index in [9.17, 15) is 4.79 Å². The molecule has 0 bridgehead atoms. The van der Waals surface area contributed by atoms with Gasteiger partial charge in [0.25, 0.3) is 0 Å². The van der Waals surface area contributed by atoms with Gasteiger partial charge >= 0.3 is 0 Å². The zero-order chi connectivity index (χ0) is 18.5. The Balaban J connectivity index is 1.53. The van der Waals surface area contributed by atoms with Crippen molar-refractivity contribution in [1.82, 2.24) is 0 Å². The number of aryl methyl sites for hydroxylation is 2. The van der Waals surface area contributed by atoms with Crippen molar-refractivity contribution in [3.8, 4) is 5.75 Å². The van der Waals surface area contributed by atoms with E-state index >= 15 is 0 Å². The summed E-state index contributed by atoms with van der Waals surface area (Å²) < 4.78 is 17.8. The molecule has 1 aliphatic carbocycles. The summed E-state index contributed by atoms with van der Waals surface area (Å²) in [6.45, 7) is 4.27. The van der Waals surface area contributed by atoms with Crippen molar-refractivity contribution in [2.75, 3.05) is 6.61 Å². The monoisotopic (exact) mass is 360 g/mol. The van der Waals surface area contributed by atoms with Crippen molar-refractivity contribution in [2.45, 2.75) is 26.2 Å². The highest BCUT2D eigenvalue weighted by Gasteiger charge is 2.39. The van der Waals surface area contributed by atoms with E-state index in [1.807, 2.05) is 19.1 Å². The zero-order valence-electron chi connectivity index (χ0n) is 15.3. The first-order valence-electron chi connectivity index (χ1n) is 9.25. The minimum absolute atomic E-state index is 0.0483. The first kappa shape index (κ1) is 16.2. The summed E-state index contributed by atoms with van der Waals surface area (Å²) in [5, 5.41) is 1.46. The third-order valence-electron chi connectivity index (χ3n) is 5.52. The maximum atomic E-state index is 12.6. The molecule has 4 aromatic rings. The van der Waals surface area contributed by atoms with Crippen LogP contribution in [-0.2, 0) is 0 Å². The van der Waals surface area contributed by atoms with Crippen LogP contribution >= 0.6 is 0 Å². The fraction of sp³-hybridized carbons (Fsp3) is 0.261. The van der Waals surface area contributed by atoms with Gasteiger partial charge in [0.15, 0.2) is 16.6 Å². The third-order valence-corrected chi connectivity index (χ3v) is 5.52. The summed E-state index contributed by atoms with van der Waals surface area (Å²) in [6.07, 6.45) is 2.74. The van der Waals surface area contributed by atoms with Crippen LogP contribution in [0, 0.1) is 19.8 Å². The van der Waals surface area contributed by atoms with E-state index in [2.05, 4.69) is 24.3 Å². The van der Waals surface area contributed by atoms with E-state index in [4.69, 9.17) is 13.6 Å². The van der Waals surface area contributed by atoms with Gasteiger partial charge in [0, 0.05) is 17.4 Å². The molecular formula is C23H20O4. The normalized spacial score (nSPS) is 18.9. The Morgan fingerprint density at radius 2 is 1.93 bits per heavy atom. The highest BCUT2D eigenvalue weighted by Crippen LogP contribution is 2.48. The van der Waals surface area contributed by atoms with Gasteiger partial charge in [0.2, 0.25) is 5.75 Å². The summed E-state index contributed by atoms with van der Waals surface area (Å²) in [4.78, 5) is 12.6. The Bertz CT molecular complexity index is 1200. The molecule has 0 saturated heterocycles. The molecule has 27 heavy (non-hydrogen) atoms. The molecule has 0 unspecified atom stereocenters. The smallest absolute Gasteiger partial charge is 0.206 e. The van der Waals surface area contributed by atoms with Crippen LogP contribution in [0.2, 0.25) is 0 Å². The zero-order valence-corrected chi connectivity index (χ0v) is 15.3. The first-order valence-corrected chi connectivity index (χ1v) is 9.25. The summed E-state index contributed by atoms with van der Waals surface area (Å²) >= 11 is 0. The highest BCUT2D eigenvalue weighted by atomic mass is 16.5. The lowest BCUT2D eigenvalue weighted by atomic mass is 10.0. The van der Waals surface area contributed by atoms with Gasteiger partial charge in [-0.25, -0.2) is 0 Å². The molecule has 2 atom stereocenters. The molecule has 0 radical (unpaired) electrons. The molecule has 2 aromatic heterocycles. The molecule has 1 fully saturated rings. The van der Waals surface area contributed by atoms with Gasteiger partial charge in [0.1, 0.15) is 5.76 Å². The molecule has 0 amide bonds. The van der Waals surface area contributed by atoms with Crippen LogP contribution in [0.1, 0.15) is 29.2 Å². The molecule has 4 heteroatoms. The molecule has 136 valence electrons. The van der Waals surface area contributed by atoms with E-state index in [1.54, 1.807) is 13.2 Å². The fourth-order valence-corrected chi connectivity index (χ4v) is 4.01. The highest BCUT2D eigenvalue weighted by molar-refractivity contribution is 6.03. The minimum atomic E-state index is -0.0483. The largest absolute Gasteiger partial charge is 0.486 e. The molecule has 4 nitrogen and oxygen atoms in total. The lowest BCUT2D eigenvalue weighted by Gasteiger charge is -2.12. The van der Waals surface area contributed by atoms with Gasteiger partial charge in [-0.3, -0.25) is 4.79 Å². The second-order valence-electron chi connectivity index (χ2n) is 7.37. The van der Waals surface area contributed by atoms with Crippen molar-refractivity contribution < 1.29 is 13.6 Å². The van der Waals surface area contributed by atoms with Crippen molar-refractivity contribution in [1.29, 1.82) is 0 Å². The SMILES string of the molecule is Cc1cc(=O)c2c(C)c3ccoc3c(OC[C@H]3C[C@H]3c3ccccc3)c2o1. The van der Waals surface area contributed by atoms with Crippen LogP contribution < -0.4 is 10.2 Å². The van der Waals surface area contributed by atoms with Crippen molar-refractivity contribution in [3.63, 3.8) is 0 Å². The van der Waals surface area contributed by atoms with Gasteiger partial charge in [-0.15, -0.1) is 0 Å². The van der Waals surface area contributed by atoms with E-state index in [0.717, 1.165) is 17.4 Å². The number of hydrogen-bond donors (Lipinski definition) is 0. The first-order chi connectivity index (χ1) is 13.1. The number of fused-ring (bicyclic) bond motifs is 2. The van der Waals surface area contributed by atoms with Gasteiger partial charge in [-0.05, 0) is 43.4 Å². The Labute approximate surface area is 156 Å². The molecule has 0 spiro atoms. The quantitative estimate of drug-likeness (QED) is 0.493. The molecule has 2 aromatic carbocycles. The lowest BCUT2D eigenvalue weighted by molar-refractivity contribution is 0.294. The molecule has 2 heterocycles. The van der Waals surface area contributed by atoms with Gasteiger partial charge in [0.05, 0.1) is 18.3 Å². The van der Waals surface area contributed by atoms with E-state index in [1.165, 1.54) is 11.6 Å². The summed E-state index contributed by atoms with van der Waals surface area (Å²) in [5.41, 5.74) is 3.30. The predicted molar refractivity (Wildman–Crippen MR) is 105 cm³/mol. The van der Waals surface area contributed by atoms with Crippen LogP contribution in [-0.4, -0.2) is 6.61 Å². The summed E-state index contributed by atoms with van der Waals surface area (Å²) in [6, 6.07) is 13.9. The number of ether oxygens (including phenoxy) is 1. The maximum Gasteiger partial charge on any atom is 0.206 e. The summed E-state index contributed by atoms with van der Waals surface area (Å²) in [7, 11) is 0. The lowest BCUT2D eigenvalue weighted by Crippen LogP contribution is -2.07. The molecular weight excluding hydrogens is 340 g/mol. The Morgan fingerprint density at radius 3 is 2.74 bits per heavy atom. The topological polar surface area (TPSA) is 52.6 Å². The Hall–Kier alpha value is -3.01. The number of hydrogen-bond acceptors (Lipinski definition) is 4. The van der Waals surface area contributed by atoms with Crippen molar-refractivity contribution in [3.05, 3.63) is 75.8 Å². The minimum Gasteiger partial charge on any atom is -0.486 e. The maximum absolute atomic E-state index is 12.6. The predicted octanol–water partition coefficient (Wildman–Crippen LogP) is 5.34. The van der Waals surface area contributed by atoms with Crippen molar-refractivity contribution >= 4 is 21.9 Å². The second kappa shape index (κ2) is 6.02. The third kappa shape index (κ3) is 2.64. The Kier molecular flexibility index (Phi) is 3.61. The van der Waals surface area contributed by atoms with E-state index in [0.29, 0.717) is 46.5 Å². The van der Waals surface area contributed by atoms with Gasteiger partial charge in [-0.2, -0.15) is 0 Å². The van der Waals surface area contributed by atoms with E-state index in [-0.39, 0.29) is 5.43 Å². The van der Waals surface area contributed by atoms with Gasteiger partial charge < -0.3 is 13.6 Å². The average molecular weight is 360 g/mol. The number of rotatable bonds is 4. The van der Waals surface area contributed by atoms with Crippen LogP contribution in [0.5, 0.6) is 5.75 Å². The second-order valence-corrected chi connectivity index (χ2v) is 7.37. The molecule has 5 rings (SSSR count). The average Bonchev–Trinajstić information content (AvgIpc) is 3.26. The Morgan fingerprint density at radius 1 is 1.11 bits per heavy atom. The number of benzene rings is 2. The van der Waals surface area contributed by atoms with Crippen LogP contribution in [0.25, 0.3) is 21.9 Å². The van der Waals surface area contributed by atoms with Crippen LogP contribution in [0.15, 0.2) is 62.4 Å². The summed E-state index contributed by atoms with van der Waals surface area (Å²) in [5.74, 6) is 2.10. The van der Waals surface area contributed by atoms with Crippen LogP contribution in [0.4, 0.5) is 0 Å². The molecule has 0 aliphatic heterocycles. The molecule has 1 saturated carbocycles. The van der Waals surface area contributed by atoms with Gasteiger partial charge in [-0.1, -0.05) is 30.3 Å². The fourth-order valence-electron chi connectivity index (χ4n) is 4.01. The van der Waals surface area contributed by atoms with Crippen molar-refractivity contribution in [2.24, 2.45) is 5.92 Å². The van der Waals surface area contributed by atoms with Crippen LogP contribution in [0.3, 0.4) is 0 Å². The molecule has 0 N–H and O–H groups in total. The number of furan rings is 1. The molecule has 1 aliphatic rings. The standard InChI is InChI=1S/C23H20O4/c1-13-10-19(24)20-14(2)17-8-9-25-21(17)23(22(20)27-13)26-12-16-11-18(16)15-6-4-3-5-7-15/h3-10,16,18H,11-12H2,1-2H3/t16-,18+/m1/s1.